The van der Waals surface area contributed by atoms with Crippen molar-refractivity contribution in [2.24, 2.45) is 0 Å². The lowest BCUT2D eigenvalue weighted by molar-refractivity contribution is 0.259. The van der Waals surface area contributed by atoms with Crippen LogP contribution >= 0.6 is 46.4 Å². The molecule has 0 aliphatic heterocycles. The van der Waals surface area contributed by atoms with Crippen LogP contribution < -0.4 is 0 Å². The van der Waals surface area contributed by atoms with E-state index in [0.29, 0.717) is 48.5 Å². The maximum Gasteiger partial charge on any atom is 0.149 e. The Morgan fingerprint density at radius 3 is 2.65 bits per heavy atom. The quantitative estimate of drug-likeness (QED) is 0.305. The Morgan fingerprint density at radius 2 is 1.90 bits per heavy atom. The number of allylic oxidation sites excluding steroid dienone is 1. The fourth-order valence-corrected chi connectivity index (χ4v) is 3.71. The van der Waals surface area contributed by atoms with Crippen LogP contribution in [-0.2, 0) is 11.3 Å². The predicted molar refractivity (Wildman–Crippen MR) is 121 cm³/mol. The van der Waals surface area contributed by atoms with Crippen LogP contribution in [0.2, 0.25) is 20.1 Å². The molecule has 0 amide bonds. The molecule has 31 heavy (non-hydrogen) atoms. The van der Waals surface area contributed by atoms with Gasteiger partial charge in [-0.25, -0.2) is 14.3 Å². The molecular weight excluding hydrogens is 482 g/mol. The molecule has 4 rings (SSSR count). The summed E-state index contributed by atoms with van der Waals surface area (Å²) in [5, 5.41) is 14.2. The van der Waals surface area contributed by atoms with Gasteiger partial charge in [0.05, 0.1) is 32.6 Å². The van der Waals surface area contributed by atoms with Gasteiger partial charge < -0.3 is 4.74 Å². The Balaban J connectivity index is 1.64. The average Bonchev–Trinajstić information content (AvgIpc) is 3.43. The third-order valence-corrected chi connectivity index (χ3v) is 5.71. The smallest absolute Gasteiger partial charge is 0.149 e. The van der Waals surface area contributed by atoms with Gasteiger partial charge in [0, 0.05) is 10.6 Å². The second-order valence-corrected chi connectivity index (χ2v) is 8.02. The summed E-state index contributed by atoms with van der Waals surface area (Å²) in [5.41, 5.74) is 2.53. The Hall–Kier alpha value is -2.58. The summed E-state index contributed by atoms with van der Waals surface area (Å²) in [4.78, 5) is 3.99. The van der Waals surface area contributed by atoms with Crippen molar-refractivity contribution >= 4 is 57.9 Å². The van der Waals surface area contributed by atoms with E-state index < -0.39 is 0 Å². The zero-order valence-electron chi connectivity index (χ0n) is 16.0. The third-order valence-electron chi connectivity index (χ3n) is 4.35. The van der Waals surface area contributed by atoms with E-state index in [1.807, 2.05) is 6.92 Å². The summed E-state index contributed by atoms with van der Waals surface area (Å²) in [5.74, 6) is 0.502. The zero-order valence-corrected chi connectivity index (χ0v) is 19.0. The first-order valence-corrected chi connectivity index (χ1v) is 10.4. The van der Waals surface area contributed by atoms with Crippen molar-refractivity contribution in [3.8, 4) is 5.69 Å². The first kappa shape index (κ1) is 21.6. The highest BCUT2D eigenvalue weighted by molar-refractivity contribution is 6.43. The predicted octanol–water partition coefficient (Wildman–Crippen LogP) is 6.03. The molecule has 0 saturated carbocycles. The van der Waals surface area contributed by atoms with Crippen LogP contribution in [0.4, 0.5) is 0 Å². The van der Waals surface area contributed by atoms with Gasteiger partial charge in [-0.05, 0) is 37.3 Å². The molecule has 0 saturated heterocycles. The Bertz CT molecular complexity index is 1250. The van der Waals surface area contributed by atoms with Crippen molar-refractivity contribution < 1.29 is 4.74 Å². The normalized spacial score (nSPS) is 12.0. The zero-order chi connectivity index (χ0) is 22.0. The van der Waals surface area contributed by atoms with Crippen molar-refractivity contribution in [1.29, 1.82) is 0 Å². The third kappa shape index (κ3) is 4.70. The molecule has 0 radical (unpaired) electrons. The van der Waals surface area contributed by atoms with Crippen LogP contribution in [0.5, 0.6) is 0 Å². The molecule has 2 heterocycles. The van der Waals surface area contributed by atoms with Crippen LogP contribution in [0, 0.1) is 0 Å². The standard InChI is InChI=1S/C20H14Cl4N6O/c1-12(30-11-25-10-26-30)20(15-6-5-13(21)7-17(15)23)31-9-14-8-29(28-27-14)18-4-2-3-16(22)19(18)24/h2-8,10-11H,9H2,1H3/b20-12-. The fourth-order valence-electron chi connectivity index (χ4n) is 2.83. The van der Waals surface area contributed by atoms with Gasteiger partial charge in [-0.1, -0.05) is 57.7 Å². The highest BCUT2D eigenvalue weighted by Gasteiger charge is 2.16. The minimum Gasteiger partial charge on any atom is -0.485 e. The summed E-state index contributed by atoms with van der Waals surface area (Å²) in [6.07, 6.45) is 4.72. The SMILES string of the molecule is C/C(=C(/OCc1cn(-c2cccc(Cl)c2Cl)nn1)c1ccc(Cl)cc1Cl)n1cncn1. The second kappa shape index (κ2) is 9.28. The summed E-state index contributed by atoms with van der Waals surface area (Å²) in [7, 11) is 0. The molecule has 0 fully saturated rings. The average molecular weight is 496 g/mol. The lowest BCUT2D eigenvalue weighted by Crippen LogP contribution is -2.03. The van der Waals surface area contributed by atoms with Crippen LogP contribution in [0.1, 0.15) is 18.2 Å². The highest BCUT2D eigenvalue weighted by atomic mass is 35.5. The summed E-state index contributed by atoms with van der Waals surface area (Å²) < 4.78 is 9.24. The maximum atomic E-state index is 6.42. The van der Waals surface area contributed by atoms with Gasteiger partial charge >= 0.3 is 0 Å². The first-order chi connectivity index (χ1) is 14.9. The Morgan fingerprint density at radius 1 is 1.06 bits per heavy atom. The van der Waals surface area contributed by atoms with Gasteiger partial charge in [-0.15, -0.1) is 5.10 Å². The van der Waals surface area contributed by atoms with Crippen LogP contribution in [0.15, 0.2) is 55.2 Å². The highest BCUT2D eigenvalue weighted by Crippen LogP contribution is 2.32. The van der Waals surface area contributed by atoms with Gasteiger partial charge in [0.25, 0.3) is 0 Å². The fraction of sp³-hybridized carbons (Fsp3) is 0.100. The number of halogens is 4. The molecule has 158 valence electrons. The van der Waals surface area contributed by atoms with Gasteiger partial charge in [0.2, 0.25) is 0 Å². The number of hydrogen-bond donors (Lipinski definition) is 0. The molecule has 0 N–H and O–H groups in total. The summed E-state index contributed by atoms with van der Waals surface area (Å²) >= 11 is 24.8. The van der Waals surface area contributed by atoms with Crippen molar-refractivity contribution in [2.75, 3.05) is 0 Å². The monoisotopic (exact) mass is 494 g/mol. The lowest BCUT2D eigenvalue weighted by atomic mass is 10.1. The van der Waals surface area contributed by atoms with Crippen molar-refractivity contribution in [3.63, 3.8) is 0 Å². The van der Waals surface area contributed by atoms with Crippen molar-refractivity contribution in [3.05, 3.63) is 86.6 Å². The Kier molecular flexibility index (Phi) is 6.48. The van der Waals surface area contributed by atoms with Crippen LogP contribution in [-0.4, -0.2) is 29.8 Å². The molecule has 0 bridgehead atoms. The van der Waals surface area contributed by atoms with E-state index in [1.54, 1.807) is 53.6 Å². The van der Waals surface area contributed by atoms with Crippen molar-refractivity contribution in [2.45, 2.75) is 13.5 Å². The molecule has 11 heteroatoms. The molecule has 7 nitrogen and oxygen atoms in total. The van der Waals surface area contributed by atoms with E-state index >= 15 is 0 Å². The molecule has 4 aromatic rings. The minimum atomic E-state index is 0.124. The van der Waals surface area contributed by atoms with Gasteiger partial charge in [0.1, 0.15) is 30.7 Å². The molecule has 0 spiro atoms. The second-order valence-electron chi connectivity index (χ2n) is 6.39. The van der Waals surface area contributed by atoms with Gasteiger partial charge in [0.15, 0.2) is 0 Å². The number of benzene rings is 2. The summed E-state index contributed by atoms with van der Waals surface area (Å²) in [6.45, 7) is 1.97. The number of rotatable bonds is 6. The molecule has 0 aliphatic rings. The minimum absolute atomic E-state index is 0.124. The topological polar surface area (TPSA) is 70.7 Å². The van der Waals surface area contributed by atoms with Gasteiger partial charge in [-0.3, -0.25) is 0 Å². The van der Waals surface area contributed by atoms with Crippen LogP contribution in [0.3, 0.4) is 0 Å². The van der Waals surface area contributed by atoms with E-state index in [4.69, 9.17) is 51.1 Å². The largest absolute Gasteiger partial charge is 0.485 e. The number of aromatic nitrogens is 6. The van der Waals surface area contributed by atoms with E-state index in [1.165, 1.54) is 11.0 Å². The molecule has 2 aromatic carbocycles. The Labute approximate surface area is 197 Å². The van der Waals surface area contributed by atoms with Crippen molar-refractivity contribution in [1.82, 2.24) is 29.8 Å². The first-order valence-electron chi connectivity index (χ1n) is 8.93. The molecular formula is C20H14Cl4N6O. The van der Waals surface area contributed by atoms with E-state index in [9.17, 15) is 0 Å². The van der Waals surface area contributed by atoms with E-state index in [0.717, 1.165) is 0 Å². The van der Waals surface area contributed by atoms with Gasteiger partial charge in [-0.2, -0.15) is 5.10 Å². The van der Waals surface area contributed by atoms with Crippen LogP contribution in [0.25, 0.3) is 17.1 Å². The number of nitrogens with zero attached hydrogens (tertiary/aromatic N) is 6. The molecule has 0 unspecified atom stereocenters. The maximum absolute atomic E-state index is 6.42. The van der Waals surface area contributed by atoms with E-state index in [-0.39, 0.29) is 6.61 Å². The van der Waals surface area contributed by atoms with E-state index in [2.05, 4.69) is 20.4 Å². The number of ether oxygens (including phenoxy) is 1. The summed E-state index contributed by atoms with van der Waals surface area (Å²) in [6, 6.07) is 10.4. The number of hydrogen-bond acceptors (Lipinski definition) is 5. The lowest BCUT2D eigenvalue weighted by Gasteiger charge is -2.15. The molecule has 2 aromatic heterocycles. The molecule has 0 aliphatic carbocycles. The molecule has 0 atom stereocenters.